The molecule has 0 aliphatic carbocycles. The predicted molar refractivity (Wildman–Crippen MR) is 80.6 cm³/mol. The van der Waals surface area contributed by atoms with Crippen LogP contribution in [0.2, 0.25) is 0 Å². The zero-order chi connectivity index (χ0) is 14.5. The summed E-state index contributed by atoms with van der Waals surface area (Å²) in [6.07, 6.45) is 3.68. The predicted octanol–water partition coefficient (Wildman–Crippen LogP) is 3.48. The third-order valence-corrected chi connectivity index (χ3v) is 3.59. The minimum absolute atomic E-state index is 0.106. The van der Waals surface area contributed by atoms with Crippen molar-refractivity contribution in [2.45, 2.75) is 26.4 Å². The smallest absolute Gasteiger partial charge is 0.159 e. The van der Waals surface area contributed by atoms with Crippen LogP contribution in [0.5, 0.6) is 0 Å². The number of carbonyl (C=O) groups is 1. The van der Waals surface area contributed by atoms with Crippen molar-refractivity contribution in [1.29, 1.82) is 0 Å². The van der Waals surface area contributed by atoms with E-state index in [4.69, 9.17) is 0 Å². The van der Waals surface area contributed by atoms with Crippen LogP contribution >= 0.6 is 0 Å². The molecule has 2 aromatic rings. The number of hydrogen-bond donors (Lipinski definition) is 0. The maximum atomic E-state index is 11.4. The maximum absolute atomic E-state index is 11.4. The molecule has 0 spiro atoms. The number of carbonyl (C=O) groups excluding carboxylic acids is 1. The van der Waals surface area contributed by atoms with Crippen LogP contribution < -0.4 is 0 Å². The molecule has 0 fully saturated rings. The quantitative estimate of drug-likeness (QED) is 0.778. The zero-order valence-electron chi connectivity index (χ0n) is 12.2. The Morgan fingerprint density at radius 1 is 1.30 bits per heavy atom. The molecule has 0 N–H and O–H groups in total. The Morgan fingerprint density at radius 3 is 2.75 bits per heavy atom. The van der Waals surface area contributed by atoms with Crippen molar-refractivity contribution in [3.63, 3.8) is 0 Å². The van der Waals surface area contributed by atoms with Crippen molar-refractivity contribution < 1.29 is 4.79 Å². The van der Waals surface area contributed by atoms with Gasteiger partial charge in [0.05, 0.1) is 0 Å². The first-order valence-electron chi connectivity index (χ1n) is 6.78. The lowest BCUT2D eigenvalue weighted by Crippen LogP contribution is -2.22. The van der Waals surface area contributed by atoms with Crippen molar-refractivity contribution in [2.24, 2.45) is 0 Å². The van der Waals surface area contributed by atoms with E-state index < -0.39 is 0 Å². The van der Waals surface area contributed by atoms with Crippen molar-refractivity contribution in [3.05, 3.63) is 65.5 Å². The molecule has 2 rings (SSSR count). The number of pyridine rings is 1. The molecular formula is C17H20N2O. The number of hydrogen-bond acceptors (Lipinski definition) is 3. The molecule has 1 aromatic carbocycles. The third kappa shape index (κ3) is 3.52. The van der Waals surface area contributed by atoms with E-state index >= 15 is 0 Å². The monoisotopic (exact) mass is 268 g/mol. The van der Waals surface area contributed by atoms with Crippen LogP contribution in [0.4, 0.5) is 0 Å². The summed E-state index contributed by atoms with van der Waals surface area (Å²) in [5, 5.41) is 0. The van der Waals surface area contributed by atoms with Gasteiger partial charge < -0.3 is 0 Å². The van der Waals surface area contributed by atoms with E-state index in [9.17, 15) is 4.79 Å². The second kappa shape index (κ2) is 6.44. The summed E-state index contributed by atoms with van der Waals surface area (Å²) in [7, 11) is 2.08. The molecule has 0 aliphatic rings. The number of rotatable bonds is 5. The Kier molecular flexibility index (Phi) is 4.64. The number of aromatic nitrogens is 1. The molecule has 3 nitrogen and oxygen atoms in total. The first kappa shape index (κ1) is 14.4. The van der Waals surface area contributed by atoms with Gasteiger partial charge in [-0.2, -0.15) is 0 Å². The van der Waals surface area contributed by atoms with Gasteiger partial charge in [0.1, 0.15) is 0 Å². The topological polar surface area (TPSA) is 33.2 Å². The molecule has 20 heavy (non-hydrogen) atoms. The highest BCUT2D eigenvalue weighted by molar-refractivity contribution is 5.94. The molecule has 1 aromatic heterocycles. The van der Waals surface area contributed by atoms with E-state index in [0.29, 0.717) is 0 Å². The van der Waals surface area contributed by atoms with Crippen molar-refractivity contribution in [3.8, 4) is 0 Å². The molecule has 0 unspecified atom stereocenters. The summed E-state index contributed by atoms with van der Waals surface area (Å²) < 4.78 is 0. The molecule has 1 heterocycles. The Balaban J connectivity index is 2.09. The summed E-state index contributed by atoms with van der Waals surface area (Å²) in [5.74, 6) is 0.106. The lowest BCUT2D eigenvalue weighted by atomic mass is 10.1. The molecule has 3 heteroatoms. The number of nitrogens with zero attached hydrogens (tertiary/aromatic N) is 2. The Morgan fingerprint density at radius 2 is 2.10 bits per heavy atom. The van der Waals surface area contributed by atoms with Crippen molar-refractivity contribution in [1.82, 2.24) is 9.88 Å². The zero-order valence-corrected chi connectivity index (χ0v) is 12.2. The van der Waals surface area contributed by atoms with Crippen LogP contribution in [0.25, 0.3) is 0 Å². The molecule has 0 bridgehead atoms. The van der Waals surface area contributed by atoms with Crippen LogP contribution in [-0.2, 0) is 6.54 Å². The highest BCUT2D eigenvalue weighted by Gasteiger charge is 2.12. The van der Waals surface area contributed by atoms with Gasteiger partial charge in [-0.25, -0.2) is 0 Å². The summed E-state index contributed by atoms with van der Waals surface area (Å²) >= 11 is 0. The Hall–Kier alpha value is -2.00. The standard InChI is InChI=1S/C17H20N2O/c1-13(17-8-5-9-18-11-17)19(3)12-15-6-4-7-16(10-15)14(2)20/h4-11,13H,12H2,1-3H3/t13-/m0/s1. The van der Waals surface area contributed by atoms with Gasteiger partial charge in [0.2, 0.25) is 0 Å². The Bertz CT molecular complexity index is 581. The molecule has 0 saturated heterocycles. The molecule has 0 radical (unpaired) electrons. The van der Waals surface area contributed by atoms with Crippen LogP contribution in [0.1, 0.15) is 41.4 Å². The SMILES string of the molecule is CC(=O)c1cccc(CN(C)[C@@H](C)c2cccnc2)c1. The van der Waals surface area contributed by atoms with E-state index in [2.05, 4.69) is 36.0 Å². The van der Waals surface area contributed by atoms with E-state index in [-0.39, 0.29) is 11.8 Å². The van der Waals surface area contributed by atoms with Crippen LogP contribution in [0.15, 0.2) is 48.8 Å². The van der Waals surface area contributed by atoms with Gasteiger partial charge >= 0.3 is 0 Å². The van der Waals surface area contributed by atoms with Crippen LogP contribution in [0.3, 0.4) is 0 Å². The molecule has 0 saturated carbocycles. The number of benzene rings is 1. The first-order valence-corrected chi connectivity index (χ1v) is 6.78. The normalized spacial score (nSPS) is 12.4. The second-order valence-corrected chi connectivity index (χ2v) is 5.13. The minimum Gasteiger partial charge on any atom is -0.295 e. The van der Waals surface area contributed by atoms with E-state index in [1.54, 1.807) is 13.1 Å². The minimum atomic E-state index is 0.106. The van der Waals surface area contributed by atoms with Gasteiger partial charge in [0, 0.05) is 30.5 Å². The third-order valence-electron chi connectivity index (χ3n) is 3.59. The van der Waals surface area contributed by atoms with Crippen LogP contribution in [0, 0.1) is 0 Å². The number of ketones is 1. The summed E-state index contributed by atoms with van der Waals surface area (Å²) in [6.45, 7) is 4.56. The fourth-order valence-electron chi connectivity index (χ4n) is 2.19. The first-order chi connectivity index (χ1) is 9.58. The van der Waals surface area contributed by atoms with E-state index in [1.165, 1.54) is 5.56 Å². The highest BCUT2D eigenvalue weighted by Crippen LogP contribution is 2.20. The molecular weight excluding hydrogens is 248 g/mol. The van der Waals surface area contributed by atoms with Gasteiger partial charge in [0.15, 0.2) is 5.78 Å². The van der Waals surface area contributed by atoms with Gasteiger partial charge in [-0.15, -0.1) is 0 Å². The fraction of sp³-hybridized carbons (Fsp3) is 0.294. The average Bonchev–Trinajstić information content (AvgIpc) is 2.47. The van der Waals surface area contributed by atoms with E-state index in [0.717, 1.165) is 17.7 Å². The lowest BCUT2D eigenvalue weighted by Gasteiger charge is -2.25. The van der Waals surface area contributed by atoms with Gasteiger partial charge in [0.25, 0.3) is 0 Å². The Labute approximate surface area is 120 Å². The van der Waals surface area contributed by atoms with Gasteiger partial charge in [-0.1, -0.05) is 24.3 Å². The van der Waals surface area contributed by atoms with Gasteiger partial charge in [-0.05, 0) is 44.2 Å². The van der Waals surface area contributed by atoms with E-state index in [1.807, 2.05) is 30.5 Å². The molecule has 0 amide bonds. The van der Waals surface area contributed by atoms with Crippen LogP contribution in [-0.4, -0.2) is 22.7 Å². The summed E-state index contributed by atoms with van der Waals surface area (Å²) in [4.78, 5) is 17.8. The largest absolute Gasteiger partial charge is 0.295 e. The molecule has 104 valence electrons. The maximum Gasteiger partial charge on any atom is 0.159 e. The molecule has 1 atom stereocenters. The second-order valence-electron chi connectivity index (χ2n) is 5.13. The molecule has 0 aliphatic heterocycles. The number of Topliss-reactive ketones (excluding diaryl/α,β-unsaturated/α-hetero) is 1. The van der Waals surface area contributed by atoms with Crippen molar-refractivity contribution in [2.75, 3.05) is 7.05 Å². The summed E-state index contributed by atoms with van der Waals surface area (Å²) in [5.41, 5.74) is 3.11. The summed E-state index contributed by atoms with van der Waals surface area (Å²) in [6, 6.07) is 12.1. The lowest BCUT2D eigenvalue weighted by molar-refractivity contribution is 0.101. The van der Waals surface area contributed by atoms with Crippen molar-refractivity contribution >= 4 is 5.78 Å². The fourth-order valence-corrected chi connectivity index (χ4v) is 2.19. The average molecular weight is 268 g/mol. The highest BCUT2D eigenvalue weighted by atomic mass is 16.1. The van der Waals surface area contributed by atoms with Gasteiger partial charge in [-0.3, -0.25) is 14.7 Å².